The quantitative estimate of drug-likeness (QED) is 0.714. The summed E-state index contributed by atoms with van der Waals surface area (Å²) in [7, 11) is 1.60. The Hall–Kier alpha value is -1.28. The molecule has 96 valence electrons. The smallest absolute Gasteiger partial charge is 0.133 e. The Morgan fingerprint density at radius 3 is 2.74 bits per heavy atom. The van der Waals surface area contributed by atoms with Gasteiger partial charge in [-0.05, 0) is 51.1 Å². The minimum Gasteiger partial charge on any atom is -0.496 e. The second-order valence-corrected chi connectivity index (χ2v) is 5.81. The normalized spacial score (nSPS) is 11.7. The number of halogens is 2. The van der Waals surface area contributed by atoms with Crippen LogP contribution in [0, 0.1) is 11.3 Å². The van der Waals surface area contributed by atoms with Gasteiger partial charge in [0.05, 0.1) is 22.2 Å². The SMILES string of the molecule is COc1ccc(C(Cl)=C(C#N)c2cccs2)cc1Br. The largest absolute Gasteiger partial charge is 0.496 e. The summed E-state index contributed by atoms with van der Waals surface area (Å²) in [5.41, 5.74) is 1.26. The van der Waals surface area contributed by atoms with Crippen LogP contribution in [-0.2, 0) is 0 Å². The first kappa shape index (κ1) is 14.1. The number of nitriles is 1. The highest BCUT2D eigenvalue weighted by molar-refractivity contribution is 9.10. The lowest BCUT2D eigenvalue weighted by atomic mass is 10.1. The summed E-state index contributed by atoms with van der Waals surface area (Å²) in [6.45, 7) is 0. The minimum absolute atomic E-state index is 0.438. The molecule has 0 unspecified atom stereocenters. The van der Waals surface area contributed by atoms with Gasteiger partial charge in [-0.25, -0.2) is 0 Å². The van der Waals surface area contributed by atoms with Gasteiger partial charge in [0.1, 0.15) is 11.8 Å². The number of benzene rings is 1. The van der Waals surface area contributed by atoms with E-state index in [1.807, 2.05) is 35.7 Å². The Kier molecular flexibility index (Phi) is 4.65. The maximum absolute atomic E-state index is 9.28. The molecule has 0 atom stereocenters. The molecule has 1 heterocycles. The zero-order valence-electron chi connectivity index (χ0n) is 9.98. The van der Waals surface area contributed by atoms with Crippen molar-refractivity contribution < 1.29 is 4.74 Å². The Labute approximate surface area is 129 Å². The molecule has 0 aliphatic carbocycles. The number of hydrogen-bond acceptors (Lipinski definition) is 3. The summed E-state index contributed by atoms with van der Waals surface area (Å²) in [6.07, 6.45) is 0. The second-order valence-electron chi connectivity index (χ2n) is 3.63. The fourth-order valence-electron chi connectivity index (χ4n) is 1.58. The lowest BCUT2D eigenvalue weighted by Gasteiger charge is -2.07. The number of nitrogens with zero attached hydrogens (tertiary/aromatic N) is 1. The zero-order valence-corrected chi connectivity index (χ0v) is 13.1. The third kappa shape index (κ3) is 3.01. The van der Waals surface area contributed by atoms with Gasteiger partial charge in [0, 0.05) is 4.88 Å². The van der Waals surface area contributed by atoms with Gasteiger partial charge < -0.3 is 4.74 Å². The molecule has 5 heteroatoms. The van der Waals surface area contributed by atoms with Crippen molar-refractivity contribution >= 4 is 49.5 Å². The highest BCUT2D eigenvalue weighted by atomic mass is 79.9. The van der Waals surface area contributed by atoms with Crippen LogP contribution in [0.3, 0.4) is 0 Å². The van der Waals surface area contributed by atoms with Crippen LogP contribution in [0.15, 0.2) is 40.2 Å². The number of ether oxygens (including phenoxy) is 1. The monoisotopic (exact) mass is 353 g/mol. The van der Waals surface area contributed by atoms with Gasteiger partial charge in [-0.3, -0.25) is 0 Å². The molecule has 19 heavy (non-hydrogen) atoms. The van der Waals surface area contributed by atoms with Gasteiger partial charge in [0.25, 0.3) is 0 Å². The van der Waals surface area contributed by atoms with Crippen LogP contribution in [0.5, 0.6) is 5.75 Å². The van der Waals surface area contributed by atoms with E-state index in [2.05, 4.69) is 22.0 Å². The van der Waals surface area contributed by atoms with Gasteiger partial charge in [-0.15, -0.1) is 11.3 Å². The summed E-state index contributed by atoms with van der Waals surface area (Å²) in [5.74, 6) is 0.725. The first-order valence-electron chi connectivity index (χ1n) is 5.35. The first-order valence-corrected chi connectivity index (χ1v) is 7.40. The van der Waals surface area contributed by atoms with Crippen LogP contribution >= 0.6 is 38.9 Å². The highest BCUT2D eigenvalue weighted by Gasteiger charge is 2.12. The highest BCUT2D eigenvalue weighted by Crippen LogP contribution is 2.35. The molecule has 2 rings (SSSR count). The van der Waals surface area contributed by atoms with Crippen LogP contribution in [0.1, 0.15) is 10.4 Å². The maximum Gasteiger partial charge on any atom is 0.133 e. The number of rotatable bonds is 3. The summed E-state index contributed by atoms with van der Waals surface area (Å²) >= 11 is 11.2. The molecular formula is C14H9BrClNOS. The lowest BCUT2D eigenvalue weighted by Crippen LogP contribution is -1.87. The van der Waals surface area contributed by atoms with E-state index in [0.29, 0.717) is 10.6 Å². The predicted molar refractivity (Wildman–Crippen MR) is 83.3 cm³/mol. The topological polar surface area (TPSA) is 33.0 Å². The van der Waals surface area contributed by atoms with Crippen molar-refractivity contribution in [2.45, 2.75) is 0 Å². The molecule has 0 spiro atoms. The van der Waals surface area contributed by atoms with E-state index in [-0.39, 0.29) is 0 Å². The van der Waals surface area contributed by atoms with Crippen molar-refractivity contribution in [1.82, 2.24) is 0 Å². The zero-order chi connectivity index (χ0) is 13.8. The molecule has 0 saturated carbocycles. The average Bonchev–Trinajstić information content (AvgIpc) is 2.93. The van der Waals surface area contributed by atoms with E-state index >= 15 is 0 Å². The molecule has 0 radical (unpaired) electrons. The van der Waals surface area contributed by atoms with Gasteiger partial charge in [-0.1, -0.05) is 17.7 Å². The predicted octanol–water partition coefficient (Wildman–Crippen LogP) is 5.15. The van der Waals surface area contributed by atoms with Crippen LogP contribution in [-0.4, -0.2) is 7.11 Å². The third-order valence-electron chi connectivity index (χ3n) is 2.50. The lowest BCUT2D eigenvalue weighted by molar-refractivity contribution is 0.412. The van der Waals surface area contributed by atoms with Crippen molar-refractivity contribution in [3.63, 3.8) is 0 Å². The standard InChI is InChI=1S/C14H9BrClNOS/c1-18-12-5-4-9(7-11(12)15)14(16)10(8-17)13-3-2-6-19-13/h2-7H,1H3. The van der Waals surface area contributed by atoms with E-state index < -0.39 is 0 Å². The summed E-state index contributed by atoms with van der Waals surface area (Å²) in [5, 5.41) is 11.6. The molecule has 1 aromatic carbocycles. The molecule has 0 bridgehead atoms. The molecule has 0 N–H and O–H groups in total. The summed E-state index contributed by atoms with van der Waals surface area (Å²) < 4.78 is 5.97. The number of hydrogen-bond donors (Lipinski definition) is 0. The van der Waals surface area contributed by atoms with E-state index in [4.69, 9.17) is 16.3 Å². The molecule has 0 aliphatic heterocycles. The molecule has 0 amide bonds. The van der Waals surface area contributed by atoms with Gasteiger partial charge in [0.15, 0.2) is 0 Å². The molecule has 0 saturated heterocycles. The van der Waals surface area contributed by atoms with Crippen molar-refractivity contribution in [2.75, 3.05) is 7.11 Å². The van der Waals surface area contributed by atoms with E-state index in [9.17, 15) is 5.26 Å². The average molecular weight is 355 g/mol. The van der Waals surface area contributed by atoms with Crippen molar-refractivity contribution in [3.8, 4) is 11.8 Å². The third-order valence-corrected chi connectivity index (χ3v) is 4.42. The maximum atomic E-state index is 9.28. The minimum atomic E-state index is 0.438. The molecule has 0 aliphatic rings. The fourth-order valence-corrected chi connectivity index (χ4v) is 3.17. The van der Waals surface area contributed by atoms with E-state index in [0.717, 1.165) is 20.7 Å². The summed E-state index contributed by atoms with van der Waals surface area (Å²) in [4.78, 5) is 0.861. The Bertz CT molecular complexity index is 659. The van der Waals surface area contributed by atoms with E-state index in [1.165, 1.54) is 11.3 Å². The fraction of sp³-hybridized carbons (Fsp3) is 0.0714. The number of thiophene rings is 1. The van der Waals surface area contributed by atoms with Crippen LogP contribution in [0.2, 0.25) is 0 Å². The summed E-state index contributed by atoms with van der Waals surface area (Å²) in [6, 6.07) is 11.4. The Balaban J connectivity index is 2.51. The van der Waals surface area contributed by atoms with Crippen LogP contribution < -0.4 is 4.74 Å². The van der Waals surface area contributed by atoms with Gasteiger partial charge in [-0.2, -0.15) is 5.26 Å². The van der Waals surface area contributed by atoms with Crippen molar-refractivity contribution in [3.05, 3.63) is 50.6 Å². The molecule has 2 nitrogen and oxygen atoms in total. The van der Waals surface area contributed by atoms with Crippen molar-refractivity contribution in [1.29, 1.82) is 5.26 Å². The molecule has 1 aromatic heterocycles. The van der Waals surface area contributed by atoms with Gasteiger partial charge in [0.2, 0.25) is 0 Å². The molecular weight excluding hydrogens is 346 g/mol. The number of methoxy groups -OCH3 is 1. The molecule has 0 fully saturated rings. The van der Waals surface area contributed by atoms with Gasteiger partial charge >= 0.3 is 0 Å². The van der Waals surface area contributed by atoms with Crippen LogP contribution in [0.4, 0.5) is 0 Å². The van der Waals surface area contributed by atoms with Crippen LogP contribution in [0.25, 0.3) is 10.6 Å². The number of allylic oxidation sites excluding steroid dienone is 1. The molecule has 2 aromatic rings. The first-order chi connectivity index (χ1) is 9.17. The Morgan fingerprint density at radius 1 is 1.42 bits per heavy atom. The second kappa shape index (κ2) is 6.25. The Morgan fingerprint density at radius 2 is 2.21 bits per heavy atom. The van der Waals surface area contributed by atoms with Crippen molar-refractivity contribution in [2.24, 2.45) is 0 Å². The van der Waals surface area contributed by atoms with E-state index in [1.54, 1.807) is 7.11 Å².